The van der Waals surface area contributed by atoms with Crippen LogP contribution in [0, 0.1) is 6.92 Å². The molecule has 0 fully saturated rings. The molecule has 0 spiro atoms. The Bertz CT molecular complexity index is 851. The number of amides is 3. The molecule has 2 rings (SSSR count). The molecule has 0 radical (unpaired) electrons. The van der Waals surface area contributed by atoms with E-state index in [1.165, 1.54) is 4.90 Å². The highest BCUT2D eigenvalue weighted by Gasteiger charge is 2.22. The van der Waals surface area contributed by atoms with Crippen LogP contribution in [0.15, 0.2) is 30.3 Å². The molecule has 1 aromatic carbocycles. The van der Waals surface area contributed by atoms with Crippen molar-refractivity contribution in [1.82, 2.24) is 20.0 Å². The molecule has 0 aliphatic heterocycles. The van der Waals surface area contributed by atoms with Gasteiger partial charge in [0, 0.05) is 24.6 Å². The van der Waals surface area contributed by atoms with Gasteiger partial charge in [0.2, 0.25) is 5.91 Å². The quantitative estimate of drug-likeness (QED) is 0.742. The molecule has 29 heavy (non-hydrogen) atoms. The highest BCUT2D eigenvalue weighted by atomic mass is 16.2. The van der Waals surface area contributed by atoms with Crippen molar-refractivity contribution in [2.24, 2.45) is 0 Å². The van der Waals surface area contributed by atoms with Crippen LogP contribution in [0.5, 0.6) is 0 Å². The predicted octanol–water partition coefficient (Wildman–Crippen LogP) is 3.86. The number of aromatic nitrogens is 2. The van der Waals surface area contributed by atoms with Crippen LogP contribution in [0.1, 0.15) is 52.3 Å². The molecule has 7 heteroatoms. The van der Waals surface area contributed by atoms with Gasteiger partial charge >= 0.3 is 6.03 Å². The van der Waals surface area contributed by atoms with Crippen LogP contribution in [0.4, 0.5) is 10.6 Å². The lowest BCUT2D eigenvalue weighted by atomic mass is 9.92. The third kappa shape index (κ3) is 6.07. The molecular weight excluding hydrogens is 366 g/mol. The van der Waals surface area contributed by atoms with Crippen molar-refractivity contribution >= 4 is 17.8 Å². The van der Waals surface area contributed by atoms with Gasteiger partial charge in [0.05, 0.1) is 11.4 Å². The summed E-state index contributed by atoms with van der Waals surface area (Å²) in [6, 6.07) is 9.63. The van der Waals surface area contributed by atoms with Crippen molar-refractivity contribution in [3.63, 3.8) is 0 Å². The number of nitrogens with zero attached hydrogens (tertiary/aromatic N) is 3. The molecule has 3 amide bonds. The third-order valence-corrected chi connectivity index (χ3v) is 4.43. The molecule has 0 aliphatic carbocycles. The van der Waals surface area contributed by atoms with Gasteiger partial charge in [-0.15, -0.1) is 0 Å². The average molecular weight is 400 g/mol. The molecule has 0 bridgehead atoms. The lowest BCUT2D eigenvalue weighted by molar-refractivity contribution is -0.116. The zero-order valence-corrected chi connectivity index (χ0v) is 18.4. The van der Waals surface area contributed by atoms with Crippen molar-refractivity contribution in [2.75, 3.05) is 25.0 Å². The number of nitrogens with one attached hydrogen (secondary N) is 2. The van der Waals surface area contributed by atoms with Crippen LogP contribution >= 0.6 is 0 Å². The Morgan fingerprint density at radius 3 is 2.48 bits per heavy atom. The lowest BCUT2D eigenvalue weighted by Gasteiger charge is -2.21. The summed E-state index contributed by atoms with van der Waals surface area (Å²) in [4.78, 5) is 26.5. The maximum Gasteiger partial charge on any atom is 0.317 e. The Morgan fingerprint density at radius 2 is 1.90 bits per heavy atom. The Labute approximate surface area is 173 Å². The molecule has 0 atom stereocenters. The second kappa shape index (κ2) is 9.58. The molecule has 158 valence electrons. The zero-order valence-electron chi connectivity index (χ0n) is 18.4. The highest BCUT2D eigenvalue weighted by molar-refractivity contribution is 5.94. The standard InChI is InChI=1S/C22H33N5O2/c1-7-12-26(21(29)23-8-2)15-20(28)24-19-14-18(22(4,5)6)25-27(19)17-11-9-10-16(3)13-17/h9-11,13-14H,7-8,12,15H2,1-6H3,(H,23,29)(H,24,28). The largest absolute Gasteiger partial charge is 0.338 e. The van der Waals surface area contributed by atoms with E-state index in [0.717, 1.165) is 23.4 Å². The first-order valence-corrected chi connectivity index (χ1v) is 10.2. The number of hydrogen-bond donors (Lipinski definition) is 2. The Morgan fingerprint density at radius 1 is 1.17 bits per heavy atom. The number of rotatable bonds is 7. The number of benzene rings is 1. The van der Waals surface area contributed by atoms with Gasteiger partial charge in [-0.2, -0.15) is 5.10 Å². The first-order chi connectivity index (χ1) is 13.7. The maximum atomic E-state index is 12.7. The number of carbonyl (C=O) groups excluding carboxylic acids is 2. The fraction of sp³-hybridized carbons (Fsp3) is 0.500. The van der Waals surface area contributed by atoms with Crippen molar-refractivity contribution in [3.8, 4) is 5.69 Å². The highest BCUT2D eigenvalue weighted by Crippen LogP contribution is 2.26. The third-order valence-electron chi connectivity index (χ3n) is 4.43. The summed E-state index contributed by atoms with van der Waals surface area (Å²) in [5.41, 5.74) is 2.70. The van der Waals surface area contributed by atoms with E-state index in [0.29, 0.717) is 18.9 Å². The molecule has 0 unspecified atom stereocenters. The van der Waals surface area contributed by atoms with E-state index in [1.807, 2.05) is 51.1 Å². The second-order valence-electron chi connectivity index (χ2n) is 8.22. The molecule has 0 saturated carbocycles. The number of hydrogen-bond acceptors (Lipinski definition) is 3. The summed E-state index contributed by atoms with van der Waals surface area (Å²) in [5.74, 6) is 0.344. The summed E-state index contributed by atoms with van der Waals surface area (Å²) in [7, 11) is 0. The Hall–Kier alpha value is -2.83. The van der Waals surface area contributed by atoms with Gasteiger partial charge in [-0.05, 0) is 38.0 Å². The van der Waals surface area contributed by atoms with Gasteiger partial charge in [-0.1, -0.05) is 39.8 Å². The fourth-order valence-electron chi connectivity index (χ4n) is 2.93. The first kappa shape index (κ1) is 22.5. The number of anilines is 1. The molecule has 2 aromatic rings. The number of aryl methyl sites for hydroxylation is 1. The molecular formula is C22H33N5O2. The smallest absolute Gasteiger partial charge is 0.317 e. The molecule has 7 nitrogen and oxygen atoms in total. The van der Waals surface area contributed by atoms with Crippen LogP contribution in [-0.4, -0.2) is 46.3 Å². The summed E-state index contributed by atoms with van der Waals surface area (Å²) < 4.78 is 1.75. The summed E-state index contributed by atoms with van der Waals surface area (Å²) >= 11 is 0. The maximum absolute atomic E-state index is 12.7. The van der Waals surface area contributed by atoms with Crippen LogP contribution in [0.2, 0.25) is 0 Å². The van der Waals surface area contributed by atoms with E-state index >= 15 is 0 Å². The van der Waals surface area contributed by atoms with Crippen molar-refractivity contribution < 1.29 is 9.59 Å². The Balaban J connectivity index is 2.29. The van der Waals surface area contributed by atoms with Crippen molar-refractivity contribution in [1.29, 1.82) is 0 Å². The van der Waals surface area contributed by atoms with Crippen molar-refractivity contribution in [2.45, 2.75) is 53.4 Å². The van der Waals surface area contributed by atoms with E-state index in [1.54, 1.807) is 4.68 Å². The minimum absolute atomic E-state index is 0.0104. The van der Waals surface area contributed by atoms with E-state index in [2.05, 4.69) is 31.4 Å². The monoisotopic (exact) mass is 399 g/mol. The van der Waals surface area contributed by atoms with Crippen LogP contribution in [-0.2, 0) is 10.2 Å². The molecule has 0 saturated heterocycles. The minimum atomic E-state index is -0.251. The molecule has 0 aliphatic rings. The number of carbonyl (C=O) groups is 2. The van der Waals surface area contributed by atoms with Crippen LogP contribution in [0.3, 0.4) is 0 Å². The van der Waals surface area contributed by atoms with Gasteiger partial charge in [0.25, 0.3) is 0 Å². The van der Waals surface area contributed by atoms with Crippen LogP contribution in [0.25, 0.3) is 5.69 Å². The van der Waals surface area contributed by atoms with E-state index in [-0.39, 0.29) is 23.9 Å². The van der Waals surface area contributed by atoms with E-state index in [9.17, 15) is 9.59 Å². The molecule has 1 heterocycles. The number of urea groups is 1. The van der Waals surface area contributed by atoms with Gasteiger partial charge in [-0.3, -0.25) is 4.79 Å². The first-order valence-electron chi connectivity index (χ1n) is 10.2. The summed E-state index contributed by atoms with van der Waals surface area (Å²) in [6.07, 6.45) is 0.778. The average Bonchev–Trinajstić information content (AvgIpc) is 3.05. The van der Waals surface area contributed by atoms with Gasteiger partial charge < -0.3 is 15.5 Å². The second-order valence-corrected chi connectivity index (χ2v) is 8.22. The normalized spacial score (nSPS) is 11.2. The topological polar surface area (TPSA) is 79.3 Å². The minimum Gasteiger partial charge on any atom is -0.338 e. The Kier molecular flexibility index (Phi) is 7.42. The molecule has 2 N–H and O–H groups in total. The molecule has 1 aromatic heterocycles. The predicted molar refractivity (Wildman–Crippen MR) is 117 cm³/mol. The van der Waals surface area contributed by atoms with Gasteiger partial charge in [0.1, 0.15) is 12.4 Å². The lowest BCUT2D eigenvalue weighted by Crippen LogP contribution is -2.44. The summed E-state index contributed by atoms with van der Waals surface area (Å²) in [5, 5.41) is 10.4. The fourth-order valence-corrected chi connectivity index (χ4v) is 2.93. The van der Waals surface area contributed by atoms with Crippen molar-refractivity contribution in [3.05, 3.63) is 41.6 Å². The van der Waals surface area contributed by atoms with E-state index < -0.39 is 0 Å². The SMILES string of the molecule is CCCN(CC(=O)Nc1cc(C(C)(C)C)nn1-c1cccc(C)c1)C(=O)NCC. The van der Waals surface area contributed by atoms with Gasteiger partial charge in [-0.25, -0.2) is 9.48 Å². The summed E-state index contributed by atoms with van der Waals surface area (Å²) in [6.45, 7) is 13.1. The van der Waals surface area contributed by atoms with Gasteiger partial charge in [0.15, 0.2) is 0 Å². The van der Waals surface area contributed by atoms with Crippen LogP contribution < -0.4 is 10.6 Å². The zero-order chi connectivity index (χ0) is 21.6. The van der Waals surface area contributed by atoms with E-state index in [4.69, 9.17) is 5.10 Å².